The maximum Gasteiger partial charge on any atom is 0.573 e. The molecule has 0 unspecified atom stereocenters. The van der Waals surface area contributed by atoms with E-state index in [4.69, 9.17) is 11.6 Å². The van der Waals surface area contributed by atoms with Crippen LogP contribution in [0.4, 0.5) is 13.2 Å². The third-order valence-electron chi connectivity index (χ3n) is 1.82. The minimum atomic E-state index is -4.82. The molecule has 0 fully saturated rings. The van der Waals surface area contributed by atoms with Gasteiger partial charge in [0.1, 0.15) is 5.75 Å². The number of sulfonamides is 1. The third-order valence-corrected chi connectivity index (χ3v) is 3.37. The predicted molar refractivity (Wildman–Crippen MR) is 63.3 cm³/mol. The third kappa shape index (κ3) is 5.50. The summed E-state index contributed by atoms with van der Waals surface area (Å²) in [6, 6.07) is 3.77. The quantitative estimate of drug-likeness (QED) is 0.908. The Labute approximate surface area is 112 Å². The summed E-state index contributed by atoms with van der Waals surface area (Å²) < 4.78 is 64.8. The SMILES string of the molecule is C=C(Cl)CNS(=O)(=O)c1ccc(OC(F)(F)F)cc1. The highest BCUT2D eigenvalue weighted by Crippen LogP contribution is 2.23. The van der Waals surface area contributed by atoms with Gasteiger partial charge in [0.2, 0.25) is 10.0 Å². The molecular formula is C10H9ClF3NO3S. The first-order valence-electron chi connectivity index (χ1n) is 4.79. The number of nitrogens with one attached hydrogen (secondary N) is 1. The minimum Gasteiger partial charge on any atom is -0.406 e. The summed E-state index contributed by atoms with van der Waals surface area (Å²) in [4.78, 5) is -0.208. The van der Waals surface area contributed by atoms with Crippen LogP contribution in [0.25, 0.3) is 0 Å². The molecule has 0 aliphatic rings. The average Bonchev–Trinajstić information content (AvgIpc) is 2.25. The van der Waals surface area contributed by atoms with Crippen LogP contribution in [-0.2, 0) is 10.0 Å². The molecular weight excluding hydrogens is 307 g/mol. The molecule has 19 heavy (non-hydrogen) atoms. The van der Waals surface area contributed by atoms with Gasteiger partial charge in [0.05, 0.1) is 4.90 Å². The van der Waals surface area contributed by atoms with Crippen molar-refractivity contribution >= 4 is 21.6 Å². The molecule has 0 aliphatic carbocycles. The highest BCUT2D eigenvalue weighted by atomic mass is 35.5. The normalized spacial score (nSPS) is 12.2. The fourth-order valence-electron chi connectivity index (χ4n) is 1.08. The number of halogens is 4. The monoisotopic (exact) mass is 315 g/mol. The van der Waals surface area contributed by atoms with Gasteiger partial charge in [-0.3, -0.25) is 0 Å². The Bertz CT molecular complexity index is 554. The smallest absolute Gasteiger partial charge is 0.406 e. The lowest BCUT2D eigenvalue weighted by Crippen LogP contribution is -2.24. The van der Waals surface area contributed by atoms with Gasteiger partial charge in [-0.05, 0) is 24.3 Å². The molecule has 1 rings (SSSR count). The van der Waals surface area contributed by atoms with Gasteiger partial charge in [0.15, 0.2) is 0 Å². The minimum absolute atomic E-state index is 0.0839. The number of hydrogen-bond donors (Lipinski definition) is 1. The first kappa shape index (κ1) is 15.8. The molecule has 0 spiro atoms. The van der Waals surface area contributed by atoms with Crippen molar-refractivity contribution in [3.63, 3.8) is 0 Å². The van der Waals surface area contributed by atoms with E-state index in [0.29, 0.717) is 0 Å². The second-order valence-electron chi connectivity index (χ2n) is 3.36. The summed E-state index contributed by atoms with van der Waals surface area (Å²) in [6.45, 7) is 3.12. The van der Waals surface area contributed by atoms with Gasteiger partial charge in [-0.15, -0.1) is 13.2 Å². The van der Waals surface area contributed by atoms with Crippen LogP contribution in [0, 0.1) is 0 Å². The molecule has 4 nitrogen and oxygen atoms in total. The Hall–Kier alpha value is -1.25. The molecule has 0 bridgehead atoms. The van der Waals surface area contributed by atoms with Gasteiger partial charge >= 0.3 is 6.36 Å². The number of rotatable bonds is 5. The van der Waals surface area contributed by atoms with Crippen LogP contribution in [0.15, 0.2) is 40.8 Å². The van der Waals surface area contributed by atoms with Crippen molar-refractivity contribution in [3.05, 3.63) is 35.9 Å². The topological polar surface area (TPSA) is 55.4 Å². The maximum absolute atomic E-state index is 11.9. The molecule has 0 aromatic heterocycles. The fraction of sp³-hybridized carbons (Fsp3) is 0.200. The van der Waals surface area contributed by atoms with Crippen LogP contribution in [0.1, 0.15) is 0 Å². The van der Waals surface area contributed by atoms with E-state index in [1.807, 2.05) is 0 Å². The second kappa shape index (κ2) is 5.81. The lowest BCUT2D eigenvalue weighted by molar-refractivity contribution is -0.274. The number of benzene rings is 1. The van der Waals surface area contributed by atoms with Crippen LogP contribution in [0.2, 0.25) is 0 Å². The number of ether oxygens (including phenoxy) is 1. The van der Waals surface area contributed by atoms with E-state index < -0.39 is 22.1 Å². The summed E-state index contributed by atoms with van der Waals surface area (Å²) in [5.41, 5.74) is 0. The van der Waals surface area contributed by atoms with Crippen LogP contribution < -0.4 is 9.46 Å². The molecule has 9 heteroatoms. The molecule has 0 amide bonds. The zero-order valence-corrected chi connectivity index (χ0v) is 10.9. The number of alkyl halides is 3. The summed E-state index contributed by atoms with van der Waals surface area (Å²) in [5, 5.41) is 0.0839. The Balaban J connectivity index is 2.84. The second-order valence-corrected chi connectivity index (χ2v) is 5.66. The molecule has 0 saturated heterocycles. The zero-order valence-electron chi connectivity index (χ0n) is 9.37. The molecule has 0 aliphatic heterocycles. The summed E-state index contributed by atoms with van der Waals surface area (Å²) in [5.74, 6) is -0.506. The van der Waals surface area contributed by atoms with Crippen molar-refractivity contribution in [2.24, 2.45) is 0 Å². The van der Waals surface area contributed by atoms with Crippen molar-refractivity contribution in [3.8, 4) is 5.75 Å². The van der Waals surface area contributed by atoms with Crippen molar-refractivity contribution in [2.75, 3.05) is 6.54 Å². The zero-order chi connectivity index (χ0) is 14.7. The largest absolute Gasteiger partial charge is 0.573 e. The number of hydrogen-bond acceptors (Lipinski definition) is 3. The highest BCUT2D eigenvalue weighted by Gasteiger charge is 2.31. The molecule has 0 saturated carbocycles. The summed E-state index contributed by atoms with van der Waals surface area (Å²) >= 11 is 5.40. The van der Waals surface area contributed by atoms with Gasteiger partial charge in [-0.25, -0.2) is 13.1 Å². The molecule has 1 aromatic carbocycles. The van der Waals surface area contributed by atoms with Crippen LogP contribution >= 0.6 is 11.6 Å². The van der Waals surface area contributed by atoms with Crippen molar-refractivity contribution in [1.29, 1.82) is 0 Å². The Morgan fingerprint density at radius 2 is 1.84 bits per heavy atom. The van der Waals surface area contributed by atoms with Gasteiger partial charge in [-0.2, -0.15) is 0 Å². The fourth-order valence-corrected chi connectivity index (χ4v) is 2.25. The van der Waals surface area contributed by atoms with E-state index in [2.05, 4.69) is 16.0 Å². The first-order chi connectivity index (χ1) is 8.60. The van der Waals surface area contributed by atoms with Crippen LogP contribution in [0.3, 0.4) is 0 Å². The Morgan fingerprint density at radius 1 is 1.32 bits per heavy atom. The molecule has 0 radical (unpaired) electrons. The van der Waals surface area contributed by atoms with Gasteiger partial charge < -0.3 is 4.74 Å². The maximum atomic E-state index is 11.9. The van der Waals surface area contributed by atoms with E-state index >= 15 is 0 Å². The Kier molecular flexibility index (Phi) is 4.83. The predicted octanol–water partition coefficient (Wildman–Crippen LogP) is 2.62. The van der Waals surface area contributed by atoms with E-state index in [1.165, 1.54) is 0 Å². The first-order valence-corrected chi connectivity index (χ1v) is 6.65. The van der Waals surface area contributed by atoms with Gasteiger partial charge in [0, 0.05) is 11.6 Å². The van der Waals surface area contributed by atoms with Gasteiger partial charge in [-0.1, -0.05) is 18.2 Å². The van der Waals surface area contributed by atoms with Crippen molar-refractivity contribution in [2.45, 2.75) is 11.3 Å². The molecule has 0 heterocycles. The Morgan fingerprint density at radius 3 is 2.26 bits per heavy atom. The van der Waals surface area contributed by atoms with Crippen molar-refractivity contribution in [1.82, 2.24) is 4.72 Å². The van der Waals surface area contributed by atoms with Crippen molar-refractivity contribution < 1.29 is 26.3 Å². The van der Waals surface area contributed by atoms with E-state index in [1.54, 1.807) is 0 Å². The lowest BCUT2D eigenvalue weighted by atomic mass is 10.3. The standard InChI is InChI=1S/C10H9ClF3NO3S/c1-7(11)6-15-19(16,17)9-4-2-8(3-5-9)18-10(12,13)14/h2-5,15H,1,6H2. The van der Waals surface area contributed by atoms with Gasteiger partial charge in [0.25, 0.3) is 0 Å². The summed E-state index contributed by atoms with van der Waals surface area (Å²) in [7, 11) is -3.85. The molecule has 0 atom stereocenters. The highest BCUT2D eigenvalue weighted by molar-refractivity contribution is 7.89. The van der Waals surface area contributed by atoms with Crippen LogP contribution in [0.5, 0.6) is 5.75 Å². The molecule has 106 valence electrons. The summed E-state index contributed by atoms with van der Waals surface area (Å²) in [6.07, 6.45) is -4.82. The van der Waals surface area contributed by atoms with E-state index in [0.717, 1.165) is 24.3 Å². The molecule has 1 aromatic rings. The molecule has 1 N–H and O–H groups in total. The lowest BCUT2D eigenvalue weighted by Gasteiger charge is -2.10. The average molecular weight is 316 g/mol. The van der Waals surface area contributed by atoms with Crippen LogP contribution in [-0.4, -0.2) is 21.3 Å². The van der Waals surface area contributed by atoms with E-state index in [-0.39, 0.29) is 16.5 Å². The van der Waals surface area contributed by atoms with E-state index in [9.17, 15) is 21.6 Å².